The van der Waals surface area contributed by atoms with Gasteiger partial charge in [0, 0.05) is 44.7 Å². The number of aromatic nitrogens is 1. The van der Waals surface area contributed by atoms with Crippen molar-refractivity contribution in [2.45, 2.75) is 26.4 Å². The molecule has 0 aliphatic carbocycles. The summed E-state index contributed by atoms with van der Waals surface area (Å²) in [7, 11) is 3.77. The Morgan fingerprint density at radius 3 is 2.85 bits per heavy atom. The molecule has 20 heavy (non-hydrogen) atoms. The standard InChI is InChI=1S/C16H22N2O2/c1-11(20-4)14-6-5-7-15-16(14)13(10-18(15)3)8-9-17-12(2)19/h5-7,10-11H,8-9H2,1-4H3,(H,17,19). The van der Waals surface area contributed by atoms with Crippen molar-refractivity contribution in [1.29, 1.82) is 0 Å². The van der Waals surface area contributed by atoms with Crippen molar-refractivity contribution in [2.75, 3.05) is 13.7 Å². The molecule has 1 aromatic carbocycles. The Bertz CT molecular complexity index is 616. The third-order valence-corrected chi connectivity index (χ3v) is 3.69. The normalized spacial score (nSPS) is 12.6. The quantitative estimate of drug-likeness (QED) is 0.910. The molecule has 1 heterocycles. The summed E-state index contributed by atoms with van der Waals surface area (Å²) in [6.45, 7) is 4.26. The van der Waals surface area contributed by atoms with Crippen molar-refractivity contribution < 1.29 is 9.53 Å². The van der Waals surface area contributed by atoms with E-state index < -0.39 is 0 Å². The maximum Gasteiger partial charge on any atom is 0.216 e. The third kappa shape index (κ3) is 2.85. The second-order valence-electron chi connectivity index (χ2n) is 5.12. The van der Waals surface area contributed by atoms with E-state index in [9.17, 15) is 4.79 Å². The maximum atomic E-state index is 11.0. The zero-order chi connectivity index (χ0) is 14.7. The topological polar surface area (TPSA) is 43.3 Å². The van der Waals surface area contributed by atoms with Crippen LogP contribution in [0.25, 0.3) is 10.9 Å². The van der Waals surface area contributed by atoms with Crippen molar-refractivity contribution in [2.24, 2.45) is 7.05 Å². The van der Waals surface area contributed by atoms with E-state index in [1.54, 1.807) is 14.0 Å². The number of hydrogen-bond donors (Lipinski definition) is 1. The van der Waals surface area contributed by atoms with Crippen molar-refractivity contribution in [3.05, 3.63) is 35.5 Å². The zero-order valence-corrected chi connectivity index (χ0v) is 12.6. The average Bonchev–Trinajstić information content (AvgIpc) is 2.75. The number of hydrogen-bond acceptors (Lipinski definition) is 2. The Hall–Kier alpha value is -1.81. The van der Waals surface area contributed by atoms with E-state index in [-0.39, 0.29) is 12.0 Å². The van der Waals surface area contributed by atoms with Gasteiger partial charge in [0.15, 0.2) is 0 Å². The lowest BCUT2D eigenvalue weighted by Gasteiger charge is -2.13. The average molecular weight is 274 g/mol. The zero-order valence-electron chi connectivity index (χ0n) is 12.6. The molecule has 0 saturated heterocycles. The number of aryl methyl sites for hydroxylation is 1. The Morgan fingerprint density at radius 1 is 1.45 bits per heavy atom. The Morgan fingerprint density at radius 2 is 2.20 bits per heavy atom. The Kier molecular flexibility index (Phi) is 4.45. The molecular formula is C16H22N2O2. The summed E-state index contributed by atoms with van der Waals surface area (Å²) < 4.78 is 7.60. The van der Waals surface area contributed by atoms with Crippen molar-refractivity contribution in [3.8, 4) is 0 Å². The number of methoxy groups -OCH3 is 1. The molecule has 1 unspecified atom stereocenters. The first-order chi connectivity index (χ1) is 9.54. The van der Waals surface area contributed by atoms with Crippen LogP contribution >= 0.6 is 0 Å². The molecule has 4 heteroatoms. The summed E-state index contributed by atoms with van der Waals surface area (Å²) in [5.41, 5.74) is 3.64. The molecular weight excluding hydrogens is 252 g/mol. The highest BCUT2D eigenvalue weighted by molar-refractivity contribution is 5.87. The first-order valence-corrected chi connectivity index (χ1v) is 6.88. The number of ether oxygens (including phenoxy) is 1. The second-order valence-corrected chi connectivity index (χ2v) is 5.12. The fourth-order valence-corrected chi connectivity index (χ4v) is 2.60. The molecule has 1 N–H and O–H groups in total. The first-order valence-electron chi connectivity index (χ1n) is 6.88. The lowest BCUT2D eigenvalue weighted by molar-refractivity contribution is -0.118. The summed E-state index contributed by atoms with van der Waals surface area (Å²) in [6.07, 6.45) is 3.02. The summed E-state index contributed by atoms with van der Waals surface area (Å²) in [4.78, 5) is 11.0. The minimum Gasteiger partial charge on any atom is -0.377 e. The molecule has 108 valence electrons. The van der Waals surface area contributed by atoms with E-state index in [0.29, 0.717) is 6.54 Å². The van der Waals surface area contributed by atoms with Crippen LogP contribution in [0.4, 0.5) is 0 Å². The molecule has 2 rings (SSSR count). The van der Waals surface area contributed by atoms with Gasteiger partial charge in [-0.25, -0.2) is 0 Å². The predicted molar refractivity (Wildman–Crippen MR) is 80.7 cm³/mol. The van der Waals surface area contributed by atoms with Gasteiger partial charge in [-0.1, -0.05) is 12.1 Å². The second kappa shape index (κ2) is 6.09. The van der Waals surface area contributed by atoms with E-state index in [1.165, 1.54) is 22.0 Å². The van der Waals surface area contributed by atoms with E-state index in [1.807, 2.05) is 7.05 Å². The minimum absolute atomic E-state index is 0.00993. The molecule has 2 aromatic rings. The van der Waals surface area contributed by atoms with Crippen molar-refractivity contribution in [3.63, 3.8) is 0 Å². The first kappa shape index (κ1) is 14.6. The van der Waals surface area contributed by atoms with Gasteiger partial charge >= 0.3 is 0 Å². The smallest absolute Gasteiger partial charge is 0.216 e. The minimum atomic E-state index is 0.00993. The molecule has 1 atom stereocenters. The molecule has 0 fully saturated rings. The van der Waals surface area contributed by atoms with Crippen LogP contribution in [-0.4, -0.2) is 24.1 Å². The van der Waals surface area contributed by atoms with Gasteiger partial charge in [0.1, 0.15) is 0 Å². The van der Waals surface area contributed by atoms with Gasteiger partial charge in [-0.3, -0.25) is 4.79 Å². The highest BCUT2D eigenvalue weighted by Gasteiger charge is 2.14. The Balaban J connectivity index is 2.41. The number of nitrogens with zero attached hydrogens (tertiary/aromatic N) is 1. The van der Waals surface area contributed by atoms with Gasteiger partial charge in [0.2, 0.25) is 5.91 Å². The molecule has 0 radical (unpaired) electrons. The lowest BCUT2D eigenvalue weighted by atomic mass is 10.0. The predicted octanol–water partition coefficient (Wildman–Crippen LogP) is 2.56. The van der Waals surface area contributed by atoms with E-state index in [2.05, 4.69) is 41.2 Å². The van der Waals surface area contributed by atoms with Gasteiger partial charge in [-0.05, 0) is 30.5 Å². The molecule has 0 bridgehead atoms. The van der Waals surface area contributed by atoms with Crippen LogP contribution in [0.15, 0.2) is 24.4 Å². The van der Waals surface area contributed by atoms with Crippen LogP contribution in [0.1, 0.15) is 31.1 Å². The molecule has 0 aliphatic heterocycles. The summed E-state index contributed by atoms with van der Waals surface area (Å²) in [5, 5.41) is 4.10. The van der Waals surface area contributed by atoms with Gasteiger partial charge in [0.25, 0.3) is 0 Å². The number of fused-ring (bicyclic) bond motifs is 1. The van der Waals surface area contributed by atoms with Crippen LogP contribution in [0.5, 0.6) is 0 Å². The fraction of sp³-hybridized carbons (Fsp3) is 0.438. The third-order valence-electron chi connectivity index (χ3n) is 3.69. The number of rotatable bonds is 5. The summed E-state index contributed by atoms with van der Waals surface area (Å²) in [5.74, 6) is 0.00993. The van der Waals surface area contributed by atoms with Gasteiger partial charge in [0.05, 0.1) is 6.10 Å². The fourth-order valence-electron chi connectivity index (χ4n) is 2.60. The lowest BCUT2D eigenvalue weighted by Crippen LogP contribution is -2.22. The summed E-state index contributed by atoms with van der Waals surface area (Å²) >= 11 is 0. The Labute approximate surface area is 119 Å². The van der Waals surface area contributed by atoms with Crippen molar-refractivity contribution >= 4 is 16.8 Å². The van der Waals surface area contributed by atoms with E-state index in [4.69, 9.17) is 4.74 Å². The molecule has 0 aliphatic rings. The van der Waals surface area contributed by atoms with E-state index >= 15 is 0 Å². The number of carbonyl (C=O) groups excluding carboxylic acids is 1. The van der Waals surface area contributed by atoms with Gasteiger partial charge in [-0.2, -0.15) is 0 Å². The largest absolute Gasteiger partial charge is 0.377 e. The molecule has 0 saturated carbocycles. The van der Waals surface area contributed by atoms with E-state index in [0.717, 1.165) is 6.42 Å². The highest BCUT2D eigenvalue weighted by Crippen LogP contribution is 2.30. The van der Waals surface area contributed by atoms with Gasteiger partial charge in [-0.15, -0.1) is 0 Å². The van der Waals surface area contributed by atoms with Crippen LogP contribution in [0.2, 0.25) is 0 Å². The molecule has 1 amide bonds. The maximum absolute atomic E-state index is 11.0. The number of nitrogens with one attached hydrogen (secondary N) is 1. The molecule has 0 spiro atoms. The van der Waals surface area contributed by atoms with Crippen LogP contribution in [0, 0.1) is 0 Å². The number of carbonyl (C=O) groups is 1. The van der Waals surface area contributed by atoms with Crippen LogP contribution in [-0.2, 0) is 23.0 Å². The number of benzene rings is 1. The highest BCUT2D eigenvalue weighted by atomic mass is 16.5. The van der Waals surface area contributed by atoms with Crippen molar-refractivity contribution in [1.82, 2.24) is 9.88 Å². The van der Waals surface area contributed by atoms with Crippen LogP contribution in [0.3, 0.4) is 0 Å². The SMILES string of the molecule is COC(C)c1cccc2c1c(CCNC(C)=O)cn2C. The molecule has 4 nitrogen and oxygen atoms in total. The van der Waals surface area contributed by atoms with Gasteiger partial charge < -0.3 is 14.6 Å². The number of amides is 1. The van der Waals surface area contributed by atoms with Crippen LogP contribution < -0.4 is 5.32 Å². The summed E-state index contributed by atoms with van der Waals surface area (Å²) in [6, 6.07) is 6.28. The monoisotopic (exact) mass is 274 g/mol. The molecule has 1 aromatic heterocycles.